The molecule has 0 aromatic rings. The summed E-state index contributed by atoms with van der Waals surface area (Å²) in [6.45, 7) is 2.90. The van der Waals surface area contributed by atoms with Crippen molar-refractivity contribution in [1.29, 1.82) is 0 Å². The maximum absolute atomic E-state index is 10.3. The van der Waals surface area contributed by atoms with Crippen LogP contribution in [0.4, 0.5) is 0 Å². The molecule has 0 bridgehead atoms. The third-order valence-electron chi connectivity index (χ3n) is 1.56. The molecule has 0 spiro atoms. The van der Waals surface area contributed by atoms with Crippen LogP contribution in [0.3, 0.4) is 0 Å². The van der Waals surface area contributed by atoms with Crippen LogP contribution in [0.1, 0.15) is 19.3 Å². The molecule has 0 aromatic carbocycles. The van der Waals surface area contributed by atoms with Gasteiger partial charge >= 0.3 is 118 Å². The first-order valence-corrected chi connectivity index (χ1v) is 11.3. The van der Waals surface area contributed by atoms with Gasteiger partial charge in [0, 0.05) is 0 Å². The van der Waals surface area contributed by atoms with E-state index >= 15 is 0 Å². The van der Waals surface area contributed by atoms with Crippen LogP contribution in [0, 0.1) is 13.3 Å². The van der Waals surface area contributed by atoms with Crippen molar-refractivity contribution in [3.05, 3.63) is 13.3 Å². The van der Waals surface area contributed by atoms with Crippen LogP contribution < -0.4 is 118 Å². The average molecular weight is 574 g/mol. The Morgan fingerprint density at radius 3 is 1.32 bits per heavy atom. The molecular formula is C7H14Na4O16S4-2. The van der Waals surface area contributed by atoms with Crippen molar-refractivity contribution in [2.24, 2.45) is 0 Å². The summed E-state index contributed by atoms with van der Waals surface area (Å²) < 4.78 is 135. The predicted molar refractivity (Wildman–Crippen MR) is 78.4 cm³/mol. The molecule has 31 heavy (non-hydrogen) atoms. The Kier molecular flexibility index (Phi) is 41.5. The van der Waals surface area contributed by atoms with Gasteiger partial charge in [-0.05, 0) is 6.42 Å². The maximum atomic E-state index is 10.3. The Bertz CT molecular complexity index is 762. The van der Waals surface area contributed by atoms with Crippen molar-refractivity contribution in [2.45, 2.75) is 25.4 Å². The van der Waals surface area contributed by atoms with E-state index in [-0.39, 0.29) is 131 Å². The van der Waals surface area contributed by atoms with Gasteiger partial charge in [-0.3, -0.25) is 17.5 Å². The van der Waals surface area contributed by atoms with E-state index in [9.17, 15) is 25.9 Å². The Balaban J connectivity index is -0.0000000696. The standard InChI is InChI=1S/C7H14O8S2.4Na.2H2O4S/c1-2-3-4-7(15-17(11,12)13)5-6-14-16(8,9)10;;;;;2*1-5(2,3)4/h3,7H,1-2,4-6H2,(H,8,9,10)(H,11,12,13);;;;;2*(H2,1,2,3,4)/q-2;4*+1;;/p-4. The number of unbranched alkanes of at least 4 members (excludes halogenated alkanes) is 1. The molecule has 1 unspecified atom stereocenters. The van der Waals surface area contributed by atoms with Gasteiger partial charge < -0.3 is 38.0 Å². The first-order valence-electron chi connectivity index (χ1n) is 5.86. The zero-order valence-electron chi connectivity index (χ0n) is 16.9. The van der Waals surface area contributed by atoms with Gasteiger partial charge in [-0.25, -0.2) is 33.7 Å². The third kappa shape index (κ3) is 87.4. The summed E-state index contributed by atoms with van der Waals surface area (Å²) in [6.07, 6.45) is 0.703. The molecule has 16 nitrogen and oxygen atoms in total. The second-order valence-electron chi connectivity index (χ2n) is 3.81. The van der Waals surface area contributed by atoms with Crippen LogP contribution in [-0.2, 0) is 50.0 Å². The molecule has 0 saturated heterocycles. The fraction of sp³-hybridized carbons (Fsp3) is 0.714. The molecule has 0 aliphatic rings. The molecule has 0 aliphatic carbocycles. The van der Waals surface area contributed by atoms with Crippen molar-refractivity contribution >= 4 is 41.6 Å². The molecule has 0 aromatic heterocycles. The van der Waals surface area contributed by atoms with Gasteiger partial charge in [-0.2, -0.15) is 6.42 Å². The van der Waals surface area contributed by atoms with Crippen LogP contribution in [0.2, 0.25) is 0 Å². The van der Waals surface area contributed by atoms with Crippen molar-refractivity contribution in [3.8, 4) is 0 Å². The van der Waals surface area contributed by atoms with Gasteiger partial charge in [0.15, 0.2) is 0 Å². The van der Waals surface area contributed by atoms with E-state index in [2.05, 4.69) is 15.3 Å². The number of hydrogen-bond acceptors (Lipinski definition) is 14. The Labute approximate surface area is 270 Å². The van der Waals surface area contributed by atoms with E-state index in [4.69, 9.17) is 35.0 Å². The molecule has 1 atom stereocenters. The second-order valence-corrected chi connectivity index (χ2v) is 7.59. The first kappa shape index (κ1) is 51.2. The predicted octanol–water partition coefficient (Wildman–Crippen LogP) is -14.5. The van der Waals surface area contributed by atoms with Crippen LogP contribution in [0.25, 0.3) is 0 Å². The minimum absolute atomic E-state index is 0. The second kappa shape index (κ2) is 25.1. The molecule has 2 N–H and O–H groups in total. The normalized spacial score (nSPS) is 11.8. The monoisotopic (exact) mass is 574 g/mol. The van der Waals surface area contributed by atoms with E-state index < -0.39 is 54.3 Å². The molecule has 0 aliphatic heterocycles. The molecular weight excluding hydrogens is 560 g/mol. The van der Waals surface area contributed by atoms with E-state index in [1.807, 2.05) is 0 Å². The number of hydrogen-bond donors (Lipinski definition) is 2. The maximum Gasteiger partial charge on any atom is 1.00 e. The van der Waals surface area contributed by atoms with Gasteiger partial charge in [0.25, 0.3) is 0 Å². The van der Waals surface area contributed by atoms with Gasteiger partial charge in [-0.15, -0.1) is 0 Å². The SMILES string of the molecule is O=S(=O)([O-])O.O=S(=O)([O-])O.[CH2-]C[CH-]CC(CCOS(=O)(=O)[O-])OS(=O)(=O)[O-].[Na+].[Na+].[Na+].[Na+]. The molecule has 0 heterocycles. The summed E-state index contributed by atoms with van der Waals surface area (Å²) in [5.41, 5.74) is 0. The number of rotatable bonds is 9. The van der Waals surface area contributed by atoms with E-state index in [0.717, 1.165) is 0 Å². The average Bonchev–Trinajstić information content (AvgIpc) is 2.28. The van der Waals surface area contributed by atoms with E-state index in [0.29, 0.717) is 6.42 Å². The van der Waals surface area contributed by atoms with E-state index in [1.54, 1.807) is 6.42 Å². The molecule has 0 saturated carbocycles. The summed E-state index contributed by atoms with van der Waals surface area (Å²) in [7, 11) is -19.6. The Morgan fingerprint density at radius 2 is 1.10 bits per heavy atom. The van der Waals surface area contributed by atoms with Crippen molar-refractivity contribution < 1.29 is 188 Å². The summed E-state index contributed by atoms with van der Waals surface area (Å²) in [5.74, 6) is 0. The largest absolute Gasteiger partial charge is 1.00 e. The Morgan fingerprint density at radius 1 is 0.774 bits per heavy atom. The van der Waals surface area contributed by atoms with E-state index in [1.165, 1.54) is 0 Å². The third-order valence-corrected chi connectivity index (χ3v) is 2.52. The molecule has 168 valence electrons. The van der Waals surface area contributed by atoms with Gasteiger partial charge in [0.2, 0.25) is 41.6 Å². The summed E-state index contributed by atoms with van der Waals surface area (Å²) >= 11 is 0. The fourth-order valence-electron chi connectivity index (χ4n) is 0.957. The van der Waals surface area contributed by atoms with Gasteiger partial charge in [0.1, 0.15) is 0 Å². The van der Waals surface area contributed by atoms with Crippen molar-refractivity contribution in [1.82, 2.24) is 0 Å². The molecule has 0 radical (unpaired) electrons. The van der Waals surface area contributed by atoms with Gasteiger partial charge in [0.05, 0.1) is 12.7 Å². The topological polar surface area (TPSA) is 288 Å². The zero-order valence-corrected chi connectivity index (χ0v) is 28.2. The summed E-state index contributed by atoms with van der Waals surface area (Å²) in [4.78, 5) is 0. The van der Waals surface area contributed by atoms with Crippen LogP contribution in [-0.4, -0.2) is 73.7 Å². The smallest absolute Gasteiger partial charge is 0.726 e. The van der Waals surface area contributed by atoms with Crippen LogP contribution in [0.5, 0.6) is 0 Å². The minimum Gasteiger partial charge on any atom is -0.726 e. The molecule has 24 heteroatoms. The molecule has 0 amide bonds. The fourth-order valence-corrected chi connectivity index (χ4v) is 1.77. The quantitative estimate of drug-likeness (QED) is 0.112. The van der Waals surface area contributed by atoms with Crippen molar-refractivity contribution in [3.63, 3.8) is 0 Å². The van der Waals surface area contributed by atoms with Crippen LogP contribution >= 0.6 is 0 Å². The minimum atomic E-state index is -4.92. The van der Waals surface area contributed by atoms with Crippen LogP contribution in [0.15, 0.2) is 0 Å². The Hall–Kier alpha value is 3.48. The summed E-state index contributed by atoms with van der Waals surface area (Å²) in [6, 6.07) is 0. The summed E-state index contributed by atoms with van der Waals surface area (Å²) in [5, 5.41) is 0. The van der Waals surface area contributed by atoms with Crippen molar-refractivity contribution in [2.75, 3.05) is 6.61 Å². The molecule has 0 rings (SSSR count). The van der Waals surface area contributed by atoms with Gasteiger partial charge in [-0.1, -0.05) is 0 Å². The first-order chi connectivity index (χ1) is 11.6. The zero-order chi connectivity index (χ0) is 22.5. The molecule has 0 fully saturated rings.